The van der Waals surface area contributed by atoms with Crippen LogP contribution in [0.5, 0.6) is 17.2 Å². The van der Waals surface area contributed by atoms with Crippen LogP contribution in [0, 0.1) is 0 Å². The van der Waals surface area contributed by atoms with Gasteiger partial charge in [0.05, 0.1) is 30.9 Å². The zero-order valence-electron chi connectivity index (χ0n) is 18.3. The molecule has 7 nitrogen and oxygen atoms in total. The molecule has 168 valence electrons. The normalized spacial score (nSPS) is 10.4. The van der Waals surface area contributed by atoms with Gasteiger partial charge in [0, 0.05) is 19.2 Å². The monoisotopic (exact) mass is 449 g/mol. The molecule has 0 aliphatic rings. The minimum atomic E-state index is -0.677. The smallest absolute Gasteiger partial charge is 0.338 e. The second-order valence-corrected chi connectivity index (χ2v) is 7.11. The van der Waals surface area contributed by atoms with Crippen molar-refractivity contribution in [3.8, 4) is 17.2 Å². The van der Waals surface area contributed by atoms with Gasteiger partial charge in [0.1, 0.15) is 5.75 Å². The lowest BCUT2D eigenvalue weighted by Gasteiger charge is -2.19. The molecule has 0 atom stereocenters. The molecule has 0 spiro atoms. The maximum atomic E-state index is 12.5. The molecular formula is C23H28ClNO6. The number of amides is 1. The summed E-state index contributed by atoms with van der Waals surface area (Å²) >= 11 is 6.28. The fourth-order valence-corrected chi connectivity index (χ4v) is 3.06. The molecule has 31 heavy (non-hydrogen) atoms. The molecule has 0 fully saturated rings. The van der Waals surface area contributed by atoms with Gasteiger partial charge in [-0.15, -0.1) is 0 Å². The van der Waals surface area contributed by atoms with E-state index in [0.29, 0.717) is 37.0 Å². The Morgan fingerprint density at radius 1 is 1.06 bits per heavy atom. The van der Waals surface area contributed by atoms with Crippen molar-refractivity contribution < 1.29 is 28.5 Å². The molecule has 2 aromatic rings. The number of nitrogens with zero attached hydrogens (tertiary/aromatic N) is 1. The fraction of sp³-hybridized carbons (Fsp3) is 0.391. The minimum absolute atomic E-state index is 0.178. The Kier molecular flexibility index (Phi) is 9.46. The zero-order chi connectivity index (χ0) is 22.8. The first-order valence-electron chi connectivity index (χ1n) is 10.0. The molecular weight excluding hydrogens is 422 g/mol. The van der Waals surface area contributed by atoms with Gasteiger partial charge in [-0.25, -0.2) is 4.79 Å². The Bertz CT molecular complexity index is 902. The molecule has 0 radical (unpaired) electrons. The van der Waals surface area contributed by atoms with Gasteiger partial charge in [0.25, 0.3) is 5.91 Å². The second-order valence-electron chi connectivity index (χ2n) is 6.70. The van der Waals surface area contributed by atoms with E-state index in [4.69, 9.17) is 30.5 Å². The highest BCUT2D eigenvalue weighted by molar-refractivity contribution is 6.32. The zero-order valence-corrected chi connectivity index (χ0v) is 19.0. The van der Waals surface area contributed by atoms with Crippen molar-refractivity contribution in [3.63, 3.8) is 0 Å². The summed E-state index contributed by atoms with van der Waals surface area (Å²) in [5.74, 6) is 0.398. The maximum absolute atomic E-state index is 12.5. The average Bonchev–Trinajstić information content (AvgIpc) is 2.77. The predicted octanol–water partition coefficient (Wildman–Crippen LogP) is 4.35. The van der Waals surface area contributed by atoms with Gasteiger partial charge in [-0.05, 0) is 31.5 Å². The van der Waals surface area contributed by atoms with E-state index in [1.54, 1.807) is 14.2 Å². The highest BCUT2D eigenvalue weighted by Gasteiger charge is 2.19. The summed E-state index contributed by atoms with van der Waals surface area (Å²) in [6.07, 6.45) is 0.802. The van der Waals surface area contributed by atoms with Crippen LogP contribution in [-0.4, -0.2) is 50.8 Å². The van der Waals surface area contributed by atoms with Crippen LogP contribution in [0.3, 0.4) is 0 Å². The van der Waals surface area contributed by atoms with E-state index in [0.717, 1.165) is 12.0 Å². The lowest BCUT2D eigenvalue weighted by atomic mass is 10.2. The van der Waals surface area contributed by atoms with Crippen molar-refractivity contribution in [1.29, 1.82) is 0 Å². The van der Waals surface area contributed by atoms with Crippen molar-refractivity contribution in [2.75, 3.05) is 34.0 Å². The summed E-state index contributed by atoms with van der Waals surface area (Å²) in [6, 6.07) is 10.4. The number of esters is 1. The standard InChI is InChI=1S/C23H28ClNO6/c1-5-11-30-22-18(24)12-17(13-20(22)29-6-2)23(27)31-15-21(26)25(3)14-16-9-7-8-10-19(16)28-4/h7-10,12-13H,5-6,11,14-15H2,1-4H3. The molecule has 0 aliphatic heterocycles. The molecule has 2 aromatic carbocycles. The summed E-state index contributed by atoms with van der Waals surface area (Å²) in [4.78, 5) is 26.4. The van der Waals surface area contributed by atoms with Gasteiger partial charge in [0.2, 0.25) is 0 Å². The number of carbonyl (C=O) groups excluding carboxylic acids is 2. The minimum Gasteiger partial charge on any atom is -0.496 e. The van der Waals surface area contributed by atoms with Crippen LogP contribution in [-0.2, 0) is 16.1 Å². The summed E-state index contributed by atoms with van der Waals surface area (Å²) in [5, 5.41) is 0.242. The third-order valence-electron chi connectivity index (χ3n) is 4.35. The Hall–Kier alpha value is -2.93. The number of likely N-dealkylation sites (N-methyl/N-ethyl adjacent to an activating group) is 1. The molecule has 0 bridgehead atoms. The Morgan fingerprint density at radius 3 is 2.48 bits per heavy atom. The highest BCUT2D eigenvalue weighted by Crippen LogP contribution is 2.37. The van der Waals surface area contributed by atoms with E-state index in [9.17, 15) is 9.59 Å². The number of halogens is 1. The van der Waals surface area contributed by atoms with Gasteiger partial charge in [0.15, 0.2) is 18.1 Å². The quantitative estimate of drug-likeness (QED) is 0.475. The van der Waals surface area contributed by atoms with Gasteiger partial charge in [-0.2, -0.15) is 0 Å². The highest BCUT2D eigenvalue weighted by atomic mass is 35.5. The number of ether oxygens (including phenoxy) is 4. The number of methoxy groups -OCH3 is 1. The first-order chi connectivity index (χ1) is 14.9. The number of para-hydroxylation sites is 1. The third kappa shape index (κ3) is 6.79. The molecule has 0 aromatic heterocycles. The topological polar surface area (TPSA) is 74.3 Å². The van der Waals surface area contributed by atoms with Crippen LogP contribution < -0.4 is 14.2 Å². The van der Waals surface area contributed by atoms with E-state index in [2.05, 4.69) is 0 Å². The largest absolute Gasteiger partial charge is 0.496 e. The number of hydrogen-bond acceptors (Lipinski definition) is 6. The molecule has 0 saturated heterocycles. The van der Waals surface area contributed by atoms with E-state index in [1.165, 1.54) is 17.0 Å². The van der Waals surface area contributed by atoms with Crippen molar-refractivity contribution in [2.24, 2.45) is 0 Å². The molecule has 2 rings (SSSR count). The van der Waals surface area contributed by atoms with Gasteiger partial charge >= 0.3 is 5.97 Å². The molecule has 0 N–H and O–H groups in total. The van der Waals surface area contributed by atoms with Crippen molar-refractivity contribution in [2.45, 2.75) is 26.8 Å². The fourth-order valence-electron chi connectivity index (χ4n) is 2.79. The molecule has 0 heterocycles. The summed E-state index contributed by atoms with van der Waals surface area (Å²) in [6.45, 7) is 4.56. The maximum Gasteiger partial charge on any atom is 0.338 e. The third-order valence-corrected chi connectivity index (χ3v) is 4.63. The summed E-state index contributed by atoms with van der Waals surface area (Å²) in [7, 11) is 3.20. The Morgan fingerprint density at radius 2 is 1.81 bits per heavy atom. The van der Waals surface area contributed by atoms with Crippen LogP contribution in [0.4, 0.5) is 0 Å². The van der Waals surface area contributed by atoms with Crippen molar-refractivity contribution in [3.05, 3.63) is 52.5 Å². The number of hydrogen-bond donors (Lipinski definition) is 0. The Balaban J connectivity index is 2.03. The average molecular weight is 450 g/mol. The summed E-state index contributed by atoms with van der Waals surface area (Å²) in [5.41, 5.74) is 1.03. The van der Waals surface area contributed by atoms with Crippen molar-refractivity contribution >= 4 is 23.5 Å². The van der Waals surface area contributed by atoms with E-state index < -0.39 is 12.6 Å². The summed E-state index contributed by atoms with van der Waals surface area (Å²) < 4.78 is 21.7. The first kappa shape index (κ1) is 24.3. The predicted molar refractivity (Wildman–Crippen MR) is 118 cm³/mol. The van der Waals surface area contributed by atoms with Gasteiger partial charge < -0.3 is 23.8 Å². The molecule has 0 saturated carbocycles. The van der Waals surface area contributed by atoms with Crippen LogP contribution in [0.15, 0.2) is 36.4 Å². The van der Waals surface area contributed by atoms with Crippen LogP contribution in [0.1, 0.15) is 36.2 Å². The number of carbonyl (C=O) groups is 2. The van der Waals surface area contributed by atoms with Gasteiger partial charge in [-0.3, -0.25) is 4.79 Å². The van der Waals surface area contributed by atoms with Gasteiger partial charge in [-0.1, -0.05) is 36.7 Å². The molecule has 0 unspecified atom stereocenters. The second kappa shape index (κ2) is 12.1. The van der Waals surface area contributed by atoms with Crippen LogP contribution >= 0.6 is 11.6 Å². The SMILES string of the molecule is CCCOc1c(Cl)cc(C(=O)OCC(=O)N(C)Cc2ccccc2OC)cc1OCC. The molecule has 0 aliphatic carbocycles. The lowest BCUT2D eigenvalue weighted by Crippen LogP contribution is -2.31. The van der Waals surface area contributed by atoms with Crippen LogP contribution in [0.25, 0.3) is 0 Å². The molecule has 8 heteroatoms. The van der Waals surface area contributed by atoms with Crippen LogP contribution in [0.2, 0.25) is 5.02 Å². The number of benzene rings is 2. The van der Waals surface area contributed by atoms with E-state index in [1.807, 2.05) is 38.1 Å². The number of rotatable bonds is 11. The van der Waals surface area contributed by atoms with E-state index >= 15 is 0 Å². The lowest BCUT2D eigenvalue weighted by molar-refractivity contribution is -0.133. The van der Waals surface area contributed by atoms with E-state index in [-0.39, 0.29) is 16.5 Å². The Labute approximate surface area is 187 Å². The molecule has 1 amide bonds. The van der Waals surface area contributed by atoms with Crippen molar-refractivity contribution in [1.82, 2.24) is 4.90 Å². The first-order valence-corrected chi connectivity index (χ1v) is 10.4.